The number of nitrogens with zero attached hydrogens (tertiary/aromatic N) is 3. The standard InChI is InChI=1S/C29H39N5O/c1-5-7-19(2)28-33-25-26(34(28)18-29(3,4)35)23-14-13-22(17-24(23)32-27(25)31)16-21-11-9-20(10-12-21)8-6-15-30/h9-14,17,19,35H,5-8,15-16,18,30H2,1-4H3,(H2,31,32). The van der Waals surface area contributed by atoms with E-state index in [0.29, 0.717) is 12.4 Å². The number of nitrogen functional groups attached to an aromatic ring is 1. The Morgan fingerprint density at radius 3 is 2.37 bits per heavy atom. The van der Waals surface area contributed by atoms with Crippen LogP contribution in [0.1, 0.15) is 75.4 Å². The van der Waals surface area contributed by atoms with Crippen LogP contribution in [0.25, 0.3) is 21.9 Å². The van der Waals surface area contributed by atoms with Crippen molar-refractivity contribution in [2.45, 2.75) is 77.9 Å². The highest BCUT2D eigenvalue weighted by Crippen LogP contribution is 2.34. The van der Waals surface area contributed by atoms with Crippen LogP contribution in [-0.2, 0) is 19.4 Å². The van der Waals surface area contributed by atoms with Gasteiger partial charge in [-0.2, -0.15) is 0 Å². The molecule has 35 heavy (non-hydrogen) atoms. The molecular weight excluding hydrogens is 434 g/mol. The molecule has 2 aromatic carbocycles. The molecule has 5 N–H and O–H groups in total. The number of fused-ring (bicyclic) bond motifs is 3. The van der Waals surface area contributed by atoms with Crippen LogP contribution < -0.4 is 11.5 Å². The van der Waals surface area contributed by atoms with Crippen LogP contribution in [0.3, 0.4) is 0 Å². The molecule has 4 aromatic rings. The fourth-order valence-electron chi connectivity index (χ4n) is 4.94. The second-order valence-corrected chi connectivity index (χ2v) is 10.5. The van der Waals surface area contributed by atoms with Crippen molar-refractivity contribution in [1.82, 2.24) is 14.5 Å². The Balaban J connectivity index is 1.76. The van der Waals surface area contributed by atoms with E-state index in [1.165, 1.54) is 16.7 Å². The Labute approximate surface area is 208 Å². The first-order valence-corrected chi connectivity index (χ1v) is 12.8. The van der Waals surface area contributed by atoms with Crippen LogP contribution in [-0.4, -0.2) is 31.8 Å². The molecule has 0 aliphatic carbocycles. The summed E-state index contributed by atoms with van der Waals surface area (Å²) in [6.45, 7) is 9.20. The fourth-order valence-corrected chi connectivity index (χ4v) is 4.94. The molecule has 0 bridgehead atoms. The van der Waals surface area contributed by atoms with E-state index in [-0.39, 0.29) is 5.92 Å². The normalized spacial score (nSPS) is 13.1. The van der Waals surface area contributed by atoms with Gasteiger partial charge >= 0.3 is 0 Å². The van der Waals surface area contributed by atoms with Crippen LogP contribution >= 0.6 is 0 Å². The Bertz CT molecular complexity index is 1300. The first-order chi connectivity index (χ1) is 16.7. The molecule has 0 fully saturated rings. The van der Waals surface area contributed by atoms with Crippen LogP contribution in [0.4, 0.5) is 5.82 Å². The number of imidazole rings is 1. The summed E-state index contributed by atoms with van der Waals surface area (Å²) in [5, 5.41) is 11.7. The van der Waals surface area contributed by atoms with Crippen LogP contribution in [0.2, 0.25) is 0 Å². The summed E-state index contributed by atoms with van der Waals surface area (Å²) >= 11 is 0. The van der Waals surface area contributed by atoms with Gasteiger partial charge in [-0.25, -0.2) is 9.97 Å². The molecule has 0 saturated heterocycles. The third-order valence-corrected chi connectivity index (χ3v) is 6.61. The molecule has 2 aromatic heterocycles. The lowest BCUT2D eigenvalue weighted by molar-refractivity contribution is 0.0615. The number of aryl methyl sites for hydroxylation is 1. The topological polar surface area (TPSA) is 103 Å². The SMILES string of the molecule is CCCC(C)c1nc2c(N)nc3cc(Cc4ccc(CCCN)cc4)ccc3c2n1CC(C)(C)O. The number of anilines is 1. The second kappa shape index (κ2) is 10.3. The smallest absolute Gasteiger partial charge is 0.152 e. The van der Waals surface area contributed by atoms with Gasteiger partial charge in [0.25, 0.3) is 0 Å². The summed E-state index contributed by atoms with van der Waals surface area (Å²) in [5.41, 5.74) is 17.5. The lowest BCUT2D eigenvalue weighted by atomic mass is 10.0. The maximum atomic E-state index is 10.7. The summed E-state index contributed by atoms with van der Waals surface area (Å²) in [6, 6.07) is 15.2. The molecule has 2 heterocycles. The molecule has 6 heteroatoms. The monoisotopic (exact) mass is 473 g/mol. The Hall–Kier alpha value is -2.96. The first kappa shape index (κ1) is 25.1. The van der Waals surface area contributed by atoms with Crippen molar-refractivity contribution in [3.8, 4) is 0 Å². The van der Waals surface area contributed by atoms with Crippen molar-refractivity contribution in [3.05, 3.63) is 65.0 Å². The Morgan fingerprint density at radius 1 is 1.03 bits per heavy atom. The largest absolute Gasteiger partial charge is 0.389 e. The highest BCUT2D eigenvalue weighted by molar-refractivity contribution is 6.06. The molecule has 1 atom stereocenters. The molecule has 186 valence electrons. The number of nitrogens with two attached hydrogens (primary N) is 2. The molecule has 0 aliphatic rings. The molecule has 0 radical (unpaired) electrons. The summed E-state index contributed by atoms with van der Waals surface area (Å²) < 4.78 is 2.16. The molecular formula is C29H39N5O. The first-order valence-electron chi connectivity index (χ1n) is 12.8. The van der Waals surface area contributed by atoms with E-state index in [0.717, 1.165) is 66.4 Å². The van der Waals surface area contributed by atoms with E-state index in [1.807, 2.05) is 13.8 Å². The van der Waals surface area contributed by atoms with Gasteiger partial charge in [0.15, 0.2) is 5.82 Å². The highest BCUT2D eigenvalue weighted by atomic mass is 16.3. The van der Waals surface area contributed by atoms with Crippen molar-refractivity contribution in [1.29, 1.82) is 0 Å². The quantitative estimate of drug-likeness (QED) is 0.289. The van der Waals surface area contributed by atoms with Gasteiger partial charge in [-0.05, 0) is 68.8 Å². The van der Waals surface area contributed by atoms with Crippen LogP contribution in [0, 0.1) is 0 Å². The average Bonchev–Trinajstić information content (AvgIpc) is 3.17. The van der Waals surface area contributed by atoms with Crippen molar-refractivity contribution >= 4 is 27.8 Å². The van der Waals surface area contributed by atoms with E-state index >= 15 is 0 Å². The predicted octanol–water partition coefficient (Wildman–Crippen LogP) is 5.32. The van der Waals surface area contributed by atoms with Crippen molar-refractivity contribution in [2.24, 2.45) is 5.73 Å². The van der Waals surface area contributed by atoms with Gasteiger partial charge in [-0.1, -0.05) is 56.7 Å². The summed E-state index contributed by atoms with van der Waals surface area (Å²) in [7, 11) is 0. The van der Waals surface area contributed by atoms with Crippen LogP contribution in [0.15, 0.2) is 42.5 Å². The van der Waals surface area contributed by atoms with E-state index in [1.54, 1.807) is 0 Å². The third-order valence-electron chi connectivity index (χ3n) is 6.61. The van der Waals surface area contributed by atoms with Gasteiger partial charge in [-0.3, -0.25) is 0 Å². The third kappa shape index (κ3) is 5.65. The average molecular weight is 474 g/mol. The van der Waals surface area contributed by atoms with E-state index < -0.39 is 5.60 Å². The summed E-state index contributed by atoms with van der Waals surface area (Å²) in [6.07, 6.45) is 4.94. The number of aromatic nitrogens is 3. The number of hydrogen-bond acceptors (Lipinski definition) is 5. The zero-order valence-electron chi connectivity index (χ0n) is 21.5. The predicted molar refractivity (Wildman–Crippen MR) is 146 cm³/mol. The maximum absolute atomic E-state index is 10.7. The molecule has 0 amide bonds. The van der Waals surface area contributed by atoms with Gasteiger partial charge in [0.2, 0.25) is 0 Å². The minimum absolute atomic E-state index is 0.260. The molecule has 0 saturated carbocycles. The van der Waals surface area contributed by atoms with Gasteiger partial charge in [0, 0.05) is 11.3 Å². The molecule has 4 rings (SSSR count). The van der Waals surface area contributed by atoms with Gasteiger partial charge < -0.3 is 21.1 Å². The number of benzene rings is 2. The zero-order chi connectivity index (χ0) is 25.2. The van der Waals surface area contributed by atoms with E-state index in [9.17, 15) is 5.11 Å². The maximum Gasteiger partial charge on any atom is 0.152 e. The zero-order valence-corrected chi connectivity index (χ0v) is 21.5. The highest BCUT2D eigenvalue weighted by Gasteiger charge is 2.24. The van der Waals surface area contributed by atoms with Gasteiger partial charge in [-0.15, -0.1) is 0 Å². The second-order valence-electron chi connectivity index (χ2n) is 10.5. The Morgan fingerprint density at radius 2 is 1.71 bits per heavy atom. The number of rotatable bonds is 10. The summed E-state index contributed by atoms with van der Waals surface area (Å²) in [5.74, 6) is 1.66. The number of pyridine rings is 1. The Kier molecular flexibility index (Phi) is 7.43. The fraction of sp³-hybridized carbons (Fsp3) is 0.448. The van der Waals surface area contributed by atoms with Crippen molar-refractivity contribution < 1.29 is 5.11 Å². The molecule has 0 aliphatic heterocycles. The van der Waals surface area contributed by atoms with Gasteiger partial charge in [0.1, 0.15) is 11.3 Å². The van der Waals surface area contributed by atoms with E-state index in [2.05, 4.69) is 60.9 Å². The minimum atomic E-state index is -0.880. The number of aliphatic hydroxyl groups is 1. The van der Waals surface area contributed by atoms with Crippen molar-refractivity contribution in [2.75, 3.05) is 12.3 Å². The lowest BCUT2D eigenvalue weighted by Crippen LogP contribution is -2.27. The molecule has 0 spiro atoms. The molecule has 1 unspecified atom stereocenters. The lowest BCUT2D eigenvalue weighted by Gasteiger charge is -2.22. The van der Waals surface area contributed by atoms with Crippen molar-refractivity contribution in [3.63, 3.8) is 0 Å². The molecule has 6 nitrogen and oxygen atoms in total. The van der Waals surface area contributed by atoms with E-state index in [4.69, 9.17) is 21.4 Å². The van der Waals surface area contributed by atoms with Crippen LogP contribution in [0.5, 0.6) is 0 Å². The summed E-state index contributed by atoms with van der Waals surface area (Å²) in [4.78, 5) is 9.68. The van der Waals surface area contributed by atoms with Gasteiger partial charge in [0.05, 0.1) is 23.2 Å². The minimum Gasteiger partial charge on any atom is -0.389 e. The number of hydrogen-bond donors (Lipinski definition) is 3.